The summed E-state index contributed by atoms with van der Waals surface area (Å²) in [6.07, 6.45) is -2.06. The van der Waals surface area contributed by atoms with Crippen LogP contribution in [0.25, 0.3) is 0 Å². The summed E-state index contributed by atoms with van der Waals surface area (Å²) in [5.41, 5.74) is 0. The number of hydrogen-bond donors (Lipinski definition) is 0. The van der Waals surface area contributed by atoms with Gasteiger partial charge in [0, 0.05) is 0 Å². The number of halogens is 3. The molecule has 0 saturated heterocycles. The predicted octanol–water partition coefficient (Wildman–Crippen LogP) is 2.24. The van der Waals surface area contributed by atoms with Crippen LogP contribution in [0.5, 0.6) is 0 Å². The normalized spacial score (nSPS) is 19.7. The molecule has 0 aromatic heterocycles. The number of ether oxygens (including phenoxy) is 1. The fourth-order valence-electron chi connectivity index (χ4n) is 0.755. The Balaban J connectivity index is 2.62. The van der Waals surface area contributed by atoms with Crippen LogP contribution in [0.4, 0.5) is 13.2 Å². The van der Waals surface area contributed by atoms with Crippen LogP contribution in [0.2, 0.25) is 0 Å². The lowest BCUT2D eigenvalue weighted by atomic mass is 10.2. The molecular formula is C6H7F3O. The van der Waals surface area contributed by atoms with E-state index in [4.69, 9.17) is 0 Å². The molecule has 0 aromatic carbocycles. The van der Waals surface area contributed by atoms with Gasteiger partial charge >= 0.3 is 6.18 Å². The molecule has 4 heteroatoms. The third kappa shape index (κ3) is 1.65. The molecule has 1 aliphatic rings. The third-order valence-electron chi connectivity index (χ3n) is 1.22. The van der Waals surface area contributed by atoms with Gasteiger partial charge in [0.2, 0.25) is 0 Å². The Morgan fingerprint density at radius 1 is 1.40 bits per heavy atom. The predicted molar refractivity (Wildman–Crippen MR) is 29.3 cm³/mol. The molecule has 0 bridgehead atoms. The van der Waals surface area contributed by atoms with Gasteiger partial charge in [-0.05, 0) is 18.9 Å². The molecular weight excluding hydrogens is 145 g/mol. The second kappa shape index (κ2) is 2.52. The number of rotatable bonds is 0. The Hall–Kier alpha value is -0.670. The first-order valence-electron chi connectivity index (χ1n) is 3.01. The first-order valence-corrected chi connectivity index (χ1v) is 3.01. The van der Waals surface area contributed by atoms with Gasteiger partial charge in [0.25, 0.3) is 0 Å². The van der Waals surface area contributed by atoms with Gasteiger partial charge in [-0.15, -0.1) is 0 Å². The van der Waals surface area contributed by atoms with E-state index in [1.807, 2.05) is 0 Å². The zero-order valence-electron chi connectivity index (χ0n) is 5.24. The van der Waals surface area contributed by atoms with Gasteiger partial charge in [-0.25, -0.2) is 0 Å². The largest absolute Gasteiger partial charge is 0.489 e. The summed E-state index contributed by atoms with van der Waals surface area (Å²) in [6, 6.07) is 0. The van der Waals surface area contributed by atoms with Crippen LogP contribution in [0, 0.1) is 0 Å². The monoisotopic (exact) mass is 152 g/mol. The van der Waals surface area contributed by atoms with E-state index in [-0.39, 0.29) is 6.61 Å². The topological polar surface area (TPSA) is 9.23 Å². The minimum atomic E-state index is -4.29. The van der Waals surface area contributed by atoms with Gasteiger partial charge < -0.3 is 4.74 Å². The van der Waals surface area contributed by atoms with Crippen LogP contribution in [0.15, 0.2) is 11.8 Å². The van der Waals surface area contributed by atoms with Crippen molar-refractivity contribution in [1.29, 1.82) is 0 Å². The number of hydrogen-bond acceptors (Lipinski definition) is 1. The van der Waals surface area contributed by atoms with Gasteiger partial charge in [-0.3, -0.25) is 0 Å². The molecule has 1 aliphatic heterocycles. The van der Waals surface area contributed by atoms with Crippen molar-refractivity contribution in [2.45, 2.75) is 19.0 Å². The van der Waals surface area contributed by atoms with E-state index < -0.39 is 11.9 Å². The Bertz CT molecular complexity index is 148. The van der Waals surface area contributed by atoms with Crippen molar-refractivity contribution in [3.05, 3.63) is 11.8 Å². The molecule has 0 aromatic rings. The van der Waals surface area contributed by atoms with E-state index in [1.54, 1.807) is 0 Å². The molecule has 0 radical (unpaired) electrons. The van der Waals surface area contributed by atoms with Crippen molar-refractivity contribution in [2.24, 2.45) is 0 Å². The van der Waals surface area contributed by atoms with Crippen LogP contribution >= 0.6 is 0 Å². The highest BCUT2D eigenvalue weighted by Gasteiger charge is 2.36. The third-order valence-corrected chi connectivity index (χ3v) is 1.22. The van der Waals surface area contributed by atoms with E-state index in [0.29, 0.717) is 12.8 Å². The van der Waals surface area contributed by atoms with Gasteiger partial charge in [0.15, 0.2) is 5.76 Å². The van der Waals surface area contributed by atoms with E-state index in [0.717, 1.165) is 6.08 Å². The maximum Gasteiger partial charge on any atom is 0.448 e. The zero-order valence-corrected chi connectivity index (χ0v) is 5.24. The van der Waals surface area contributed by atoms with Crippen LogP contribution in [-0.2, 0) is 4.74 Å². The van der Waals surface area contributed by atoms with Crippen molar-refractivity contribution in [3.8, 4) is 0 Å². The summed E-state index contributed by atoms with van der Waals surface area (Å²) in [4.78, 5) is 0. The first-order chi connectivity index (χ1) is 4.61. The minimum absolute atomic E-state index is 0.186. The van der Waals surface area contributed by atoms with Gasteiger partial charge in [0.05, 0.1) is 6.61 Å². The van der Waals surface area contributed by atoms with Crippen molar-refractivity contribution < 1.29 is 17.9 Å². The molecule has 0 amide bonds. The molecule has 0 atom stereocenters. The quantitative estimate of drug-likeness (QED) is 0.517. The first kappa shape index (κ1) is 7.44. The molecule has 0 N–H and O–H groups in total. The van der Waals surface area contributed by atoms with Gasteiger partial charge in [0.1, 0.15) is 0 Å². The van der Waals surface area contributed by atoms with E-state index >= 15 is 0 Å². The van der Waals surface area contributed by atoms with Crippen molar-refractivity contribution in [3.63, 3.8) is 0 Å². The van der Waals surface area contributed by atoms with Gasteiger partial charge in [-0.2, -0.15) is 13.2 Å². The lowest BCUT2D eigenvalue weighted by Crippen LogP contribution is -2.17. The van der Waals surface area contributed by atoms with Crippen LogP contribution in [-0.4, -0.2) is 12.8 Å². The van der Waals surface area contributed by atoms with Crippen molar-refractivity contribution in [2.75, 3.05) is 6.61 Å². The minimum Gasteiger partial charge on any atom is -0.489 e. The smallest absolute Gasteiger partial charge is 0.448 e. The van der Waals surface area contributed by atoms with E-state index in [1.165, 1.54) is 0 Å². The Morgan fingerprint density at radius 3 is 2.40 bits per heavy atom. The average Bonchev–Trinajstić information content (AvgIpc) is 1.88. The highest BCUT2D eigenvalue weighted by atomic mass is 19.4. The molecule has 1 rings (SSSR count). The SMILES string of the molecule is FC(F)(F)C1=CCCCO1. The molecule has 0 spiro atoms. The summed E-state index contributed by atoms with van der Waals surface area (Å²) in [5.74, 6) is -0.834. The number of alkyl halides is 3. The zero-order chi connectivity index (χ0) is 7.61. The fourth-order valence-corrected chi connectivity index (χ4v) is 0.755. The Morgan fingerprint density at radius 2 is 2.10 bits per heavy atom. The summed E-state index contributed by atoms with van der Waals surface area (Å²) in [5, 5.41) is 0. The summed E-state index contributed by atoms with van der Waals surface area (Å²) in [7, 11) is 0. The fraction of sp³-hybridized carbons (Fsp3) is 0.667. The van der Waals surface area contributed by atoms with Gasteiger partial charge in [-0.1, -0.05) is 0 Å². The van der Waals surface area contributed by atoms with E-state index in [2.05, 4.69) is 4.74 Å². The summed E-state index contributed by atoms with van der Waals surface area (Å²) >= 11 is 0. The van der Waals surface area contributed by atoms with Crippen LogP contribution in [0.3, 0.4) is 0 Å². The lowest BCUT2D eigenvalue weighted by molar-refractivity contribution is -0.133. The van der Waals surface area contributed by atoms with E-state index in [9.17, 15) is 13.2 Å². The molecule has 0 fully saturated rings. The maximum absolute atomic E-state index is 11.7. The summed E-state index contributed by atoms with van der Waals surface area (Å²) in [6.45, 7) is 0.186. The molecule has 58 valence electrons. The second-order valence-electron chi connectivity index (χ2n) is 2.06. The van der Waals surface area contributed by atoms with Crippen LogP contribution < -0.4 is 0 Å². The molecule has 0 aliphatic carbocycles. The van der Waals surface area contributed by atoms with Crippen molar-refractivity contribution >= 4 is 0 Å². The summed E-state index contributed by atoms with van der Waals surface area (Å²) < 4.78 is 39.6. The molecule has 10 heavy (non-hydrogen) atoms. The second-order valence-corrected chi connectivity index (χ2v) is 2.06. The maximum atomic E-state index is 11.7. The highest BCUT2D eigenvalue weighted by Crippen LogP contribution is 2.28. The Labute approximate surface area is 56.5 Å². The number of allylic oxidation sites excluding steroid dienone is 2. The Kier molecular flexibility index (Phi) is 1.87. The average molecular weight is 152 g/mol. The van der Waals surface area contributed by atoms with Crippen molar-refractivity contribution in [1.82, 2.24) is 0 Å². The van der Waals surface area contributed by atoms with Crippen LogP contribution in [0.1, 0.15) is 12.8 Å². The highest BCUT2D eigenvalue weighted by molar-refractivity contribution is 5.02. The standard InChI is InChI=1S/C6H7F3O/c7-6(8,9)5-3-1-2-4-10-5/h3H,1-2,4H2. The molecule has 1 nitrogen and oxygen atoms in total. The molecule has 0 saturated carbocycles. The molecule has 0 unspecified atom stereocenters. The lowest BCUT2D eigenvalue weighted by Gasteiger charge is -2.16. The molecule has 1 heterocycles.